The number of anilines is 1. The van der Waals surface area contributed by atoms with Gasteiger partial charge in [-0.1, -0.05) is 13.3 Å². The Morgan fingerprint density at radius 1 is 1.37 bits per heavy atom. The highest BCUT2D eigenvalue weighted by Gasteiger charge is 2.43. The van der Waals surface area contributed by atoms with Crippen molar-refractivity contribution in [1.29, 1.82) is 0 Å². The summed E-state index contributed by atoms with van der Waals surface area (Å²) < 4.78 is 6.19. The minimum atomic E-state index is -0.575. The molecule has 2 aromatic rings. The number of fused-ring (bicyclic) bond motifs is 1. The number of nitrogens with one attached hydrogen (secondary N) is 2. The van der Waals surface area contributed by atoms with Gasteiger partial charge in [0.05, 0.1) is 16.8 Å². The fourth-order valence-electron chi connectivity index (χ4n) is 3.80. The number of hydrogen-bond acceptors (Lipinski definition) is 5. The highest BCUT2D eigenvalue weighted by Crippen LogP contribution is 2.48. The Morgan fingerprint density at radius 3 is 2.70 bits per heavy atom. The third-order valence-electron chi connectivity index (χ3n) is 4.61. The summed E-state index contributed by atoms with van der Waals surface area (Å²) in [5.74, 6) is -0.897. The van der Waals surface area contributed by atoms with Gasteiger partial charge in [-0.05, 0) is 39.7 Å². The molecule has 0 bridgehead atoms. The third kappa shape index (κ3) is 3.64. The topological polar surface area (TPSA) is 110 Å². The smallest absolute Gasteiger partial charge is 0.277 e. The monoisotopic (exact) mass is 390 g/mol. The highest BCUT2D eigenvalue weighted by atomic mass is 32.1. The zero-order chi connectivity index (χ0) is 20.0. The standard InChI is InChI=1S/C19H26N4O3S/c1-6-7-10-9-21-23-13(10)16(25)22-17-12(15(20)24)11-8-18(2,3)26-19(4,5)14(11)27-17/h9H,6-8H2,1-5H3,(H2,20,24)(H,21,23)(H,22,25). The third-order valence-corrected chi connectivity index (χ3v) is 6.07. The van der Waals surface area contributed by atoms with E-state index < -0.39 is 17.1 Å². The fraction of sp³-hybridized carbons (Fsp3) is 0.526. The molecule has 0 atom stereocenters. The minimum Gasteiger partial charge on any atom is -0.365 e. The molecule has 0 unspecified atom stereocenters. The van der Waals surface area contributed by atoms with E-state index in [4.69, 9.17) is 10.5 Å². The molecular formula is C19H26N4O3S. The lowest BCUT2D eigenvalue weighted by atomic mass is 9.86. The van der Waals surface area contributed by atoms with Gasteiger partial charge in [0.25, 0.3) is 11.8 Å². The Morgan fingerprint density at radius 2 is 2.07 bits per heavy atom. The van der Waals surface area contributed by atoms with Crippen LogP contribution in [0, 0.1) is 0 Å². The van der Waals surface area contributed by atoms with Crippen LogP contribution < -0.4 is 11.1 Å². The summed E-state index contributed by atoms with van der Waals surface area (Å²) in [7, 11) is 0. The molecule has 27 heavy (non-hydrogen) atoms. The molecule has 0 saturated carbocycles. The first-order valence-corrected chi connectivity index (χ1v) is 9.87. The van der Waals surface area contributed by atoms with Crippen LogP contribution in [0.5, 0.6) is 0 Å². The van der Waals surface area contributed by atoms with Gasteiger partial charge in [-0.25, -0.2) is 0 Å². The van der Waals surface area contributed by atoms with Gasteiger partial charge in [-0.2, -0.15) is 5.10 Å². The Balaban J connectivity index is 2.02. The van der Waals surface area contributed by atoms with Gasteiger partial charge in [0.2, 0.25) is 0 Å². The summed E-state index contributed by atoms with van der Waals surface area (Å²) in [5, 5.41) is 10.1. The molecule has 0 radical (unpaired) electrons. The number of hydrogen-bond donors (Lipinski definition) is 3. The second kappa shape index (κ2) is 6.76. The van der Waals surface area contributed by atoms with Crippen molar-refractivity contribution in [2.75, 3.05) is 5.32 Å². The van der Waals surface area contributed by atoms with Gasteiger partial charge in [0.1, 0.15) is 5.00 Å². The highest BCUT2D eigenvalue weighted by molar-refractivity contribution is 7.17. The van der Waals surface area contributed by atoms with E-state index in [-0.39, 0.29) is 5.91 Å². The number of rotatable bonds is 5. The Labute approximate surface area is 162 Å². The number of aromatic amines is 1. The van der Waals surface area contributed by atoms with E-state index in [0.717, 1.165) is 28.8 Å². The van der Waals surface area contributed by atoms with Gasteiger partial charge in [-0.15, -0.1) is 11.3 Å². The van der Waals surface area contributed by atoms with E-state index in [1.165, 1.54) is 11.3 Å². The first kappa shape index (κ1) is 19.6. The molecule has 7 nitrogen and oxygen atoms in total. The maximum Gasteiger partial charge on any atom is 0.277 e. The Bertz CT molecular complexity index is 895. The number of aromatic nitrogens is 2. The fourth-order valence-corrected chi connectivity index (χ4v) is 5.06. The van der Waals surface area contributed by atoms with E-state index in [1.54, 1.807) is 6.20 Å². The number of ether oxygens (including phenoxy) is 1. The number of aryl methyl sites for hydroxylation is 1. The van der Waals surface area contributed by atoms with Crippen molar-refractivity contribution < 1.29 is 14.3 Å². The van der Waals surface area contributed by atoms with E-state index in [2.05, 4.69) is 15.5 Å². The summed E-state index contributed by atoms with van der Waals surface area (Å²) >= 11 is 1.35. The lowest BCUT2D eigenvalue weighted by molar-refractivity contribution is -0.135. The van der Waals surface area contributed by atoms with Crippen molar-refractivity contribution in [2.45, 2.75) is 65.1 Å². The van der Waals surface area contributed by atoms with E-state index in [0.29, 0.717) is 22.7 Å². The molecule has 4 N–H and O–H groups in total. The number of nitrogens with two attached hydrogens (primary N) is 1. The molecule has 8 heteroatoms. The molecule has 3 rings (SSSR count). The Hall–Kier alpha value is -2.19. The van der Waals surface area contributed by atoms with Gasteiger partial charge in [-0.3, -0.25) is 14.7 Å². The van der Waals surface area contributed by atoms with Crippen molar-refractivity contribution >= 4 is 28.2 Å². The van der Waals surface area contributed by atoms with Crippen molar-refractivity contribution in [2.24, 2.45) is 5.73 Å². The molecular weight excluding hydrogens is 364 g/mol. The zero-order valence-corrected chi connectivity index (χ0v) is 17.2. The van der Waals surface area contributed by atoms with Crippen LogP contribution in [-0.2, 0) is 23.2 Å². The first-order valence-electron chi connectivity index (χ1n) is 9.06. The molecule has 1 aliphatic rings. The molecule has 146 valence electrons. The molecule has 0 spiro atoms. The summed E-state index contributed by atoms with van der Waals surface area (Å²) in [5.41, 5.74) is 7.11. The van der Waals surface area contributed by atoms with Crippen LogP contribution in [0.3, 0.4) is 0 Å². The van der Waals surface area contributed by atoms with Crippen molar-refractivity contribution in [3.63, 3.8) is 0 Å². The number of carbonyl (C=O) groups excluding carboxylic acids is 2. The molecule has 2 aromatic heterocycles. The van der Waals surface area contributed by atoms with Crippen LogP contribution in [0.2, 0.25) is 0 Å². The summed E-state index contributed by atoms with van der Waals surface area (Å²) in [4.78, 5) is 25.9. The van der Waals surface area contributed by atoms with Gasteiger partial charge >= 0.3 is 0 Å². The molecule has 0 aromatic carbocycles. The minimum absolute atomic E-state index is 0.342. The molecule has 0 aliphatic carbocycles. The number of nitrogens with zero attached hydrogens (tertiary/aromatic N) is 1. The number of H-pyrrole nitrogens is 1. The van der Waals surface area contributed by atoms with Crippen molar-refractivity contribution in [1.82, 2.24) is 10.2 Å². The SMILES string of the molecule is CCCc1c[nH]nc1C(=O)Nc1sc2c(c1C(N)=O)CC(C)(C)OC2(C)C. The van der Waals surface area contributed by atoms with Crippen LogP contribution in [0.25, 0.3) is 0 Å². The van der Waals surface area contributed by atoms with Gasteiger partial charge in [0, 0.05) is 23.1 Å². The number of primary amides is 1. The van der Waals surface area contributed by atoms with Gasteiger partial charge in [0.15, 0.2) is 5.69 Å². The molecule has 3 heterocycles. The largest absolute Gasteiger partial charge is 0.365 e. The van der Waals surface area contributed by atoms with Crippen molar-refractivity contribution in [3.8, 4) is 0 Å². The van der Waals surface area contributed by atoms with Crippen LogP contribution in [0.1, 0.15) is 77.9 Å². The lowest BCUT2D eigenvalue weighted by Crippen LogP contribution is -2.42. The van der Waals surface area contributed by atoms with Crippen LogP contribution in [0.15, 0.2) is 6.20 Å². The second-order valence-corrected chi connectivity index (χ2v) is 9.01. The maximum absolute atomic E-state index is 12.8. The lowest BCUT2D eigenvalue weighted by Gasteiger charge is -2.41. The maximum atomic E-state index is 12.8. The number of amides is 2. The summed E-state index contributed by atoms with van der Waals surface area (Å²) in [6.07, 6.45) is 3.93. The van der Waals surface area contributed by atoms with Crippen LogP contribution in [0.4, 0.5) is 5.00 Å². The number of carbonyl (C=O) groups is 2. The second-order valence-electron chi connectivity index (χ2n) is 7.99. The predicted octanol–water partition coefficient (Wildman–Crippen LogP) is 3.36. The average molecular weight is 391 g/mol. The normalized spacial score (nSPS) is 17.4. The van der Waals surface area contributed by atoms with Gasteiger partial charge < -0.3 is 15.8 Å². The van der Waals surface area contributed by atoms with E-state index in [9.17, 15) is 9.59 Å². The van der Waals surface area contributed by atoms with Crippen LogP contribution >= 0.6 is 11.3 Å². The predicted molar refractivity (Wildman–Crippen MR) is 105 cm³/mol. The zero-order valence-electron chi connectivity index (χ0n) is 16.4. The number of thiophene rings is 1. The average Bonchev–Trinajstić information content (AvgIpc) is 3.10. The molecule has 0 fully saturated rings. The Kier molecular flexibility index (Phi) is 4.90. The molecule has 2 amide bonds. The summed E-state index contributed by atoms with van der Waals surface area (Å²) in [6, 6.07) is 0. The molecule has 0 saturated heterocycles. The summed E-state index contributed by atoms with van der Waals surface area (Å²) in [6.45, 7) is 9.94. The van der Waals surface area contributed by atoms with Crippen molar-refractivity contribution in [3.05, 3.63) is 33.5 Å². The quantitative estimate of drug-likeness (QED) is 0.727. The van der Waals surface area contributed by atoms with Crippen LogP contribution in [-0.4, -0.2) is 27.6 Å². The molecule has 1 aliphatic heterocycles. The van der Waals surface area contributed by atoms with E-state index in [1.807, 2.05) is 34.6 Å². The van der Waals surface area contributed by atoms with E-state index >= 15 is 0 Å². The first-order chi connectivity index (χ1) is 12.6.